The number of nitrogens with zero attached hydrogens (tertiary/aromatic N) is 9. The van der Waals surface area contributed by atoms with E-state index in [0.717, 1.165) is 0 Å². The second-order valence-corrected chi connectivity index (χ2v) is 5.59. The Balaban J connectivity index is 1.74. The van der Waals surface area contributed by atoms with E-state index in [1.807, 2.05) is 0 Å². The molecule has 0 atom stereocenters. The summed E-state index contributed by atoms with van der Waals surface area (Å²) in [6.45, 7) is 0.273. The summed E-state index contributed by atoms with van der Waals surface area (Å²) in [7, 11) is 33.4. The summed E-state index contributed by atoms with van der Waals surface area (Å²) in [5.74, 6) is 0.272. The topological polar surface area (TPSA) is 149 Å². The van der Waals surface area contributed by atoms with E-state index in [2.05, 4.69) is 55.5 Å². The summed E-state index contributed by atoms with van der Waals surface area (Å²) in [5, 5.41) is 5.82. The highest BCUT2D eigenvalue weighted by Crippen LogP contribution is 2.03. The van der Waals surface area contributed by atoms with Crippen LogP contribution in [-0.2, 0) is 0 Å². The molecule has 3 aromatic rings. The molecule has 0 spiro atoms. The van der Waals surface area contributed by atoms with Crippen molar-refractivity contribution in [2.45, 2.75) is 6.10 Å². The fourth-order valence-corrected chi connectivity index (χ4v) is 2.13. The normalized spacial score (nSPS) is 10.7. The molecule has 0 fully saturated rings. The number of aromatic nitrogens is 9. The Kier molecular flexibility index (Phi) is 6.85. The van der Waals surface area contributed by atoms with Gasteiger partial charge in [-0.05, 0) is 0 Å². The molecule has 3 rings (SSSR count). The van der Waals surface area contributed by atoms with Crippen LogP contribution in [0.15, 0.2) is 0 Å². The van der Waals surface area contributed by atoms with Crippen LogP contribution >= 0.6 is 0 Å². The van der Waals surface area contributed by atoms with Crippen LogP contribution in [0.25, 0.3) is 0 Å². The first-order chi connectivity index (χ1) is 14.3. The van der Waals surface area contributed by atoms with Gasteiger partial charge in [-0.25, -0.2) is 34.9 Å². The molecule has 3 aromatic heterocycles. The largest absolute Gasteiger partial charge is 0.456 e. The summed E-state index contributed by atoms with van der Waals surface area (Å²) in [4.78, 5) is 34.5. The van der Waals surface area contributed by atoms with Gasteiger partial charge in [-0.3, -0.25) is 0 Å². The van der Waals surface area contributed by atoms with Crippen molar-refractivity contribution in [1.29, 1.82) is 0 Å². The van der Waals surface area contributed by atoms with E-state index in [1.54, 1.807) is 0 Å². The minimum absolute atomic E-state index is 0.0465. The Morgan fingerprint density at radius 2 is 0.867 bits per heavy atom. The van der Waals surface area contributed by atoms with Gasteiger partial charge in [0, 0.05) is 0 Å². The summed E-state index contributed by atoms with van der Waals surface area (Å²) >= 11 is 0. The minimum atomic E-state index is -0.648. The molecule has 0 aromatic carbocycles. The van der Waals surface area contributed by atoms with Crippen molar-refractivity contribution in [2.75, 3.05) is 23.7 Å². The second-order valence-electron chi connectivity index (χ2n) is 5.59. The molecule has 12 nitrogen and oxygen atoms in total. The predicted octanol–water partition coefficient (Wildman–Crippen LogP) is -8.02. The molecule has 0 saturated heterocycles. The fraction of sp³-hybridized carbons (Fsp3) is 0.250. The maximum atomic E-state index is 5.73. The van der Waals surface area contributed by atoms with Crippen LogP contribution in [0.4, 0.5) is 11.9 Å². The molecule has 0 aliphatic rings. The molecule has 2 N–H and O–H groups in total. The van der Waals surface area contributed by atoms with Gasteiger partial charge in [0.1, 0.15) is 6.10 Å². The second kappa shape index (κ2) is 9.55. The number of ether oxygens (including phenoxy) is 1. The summed E-state index contributed by atoms with van der Waals surface area (Å²) in [6, 6.07) is -0.0991. The highest BCUT2D eigenvalue weighted by Gasteiger charge is 2.15. The van der Waals surface area contributed by atoms with Crippen LogP contribution in [0.3, 0.4) is 0 Å². The standard InChI is InChI=1S/C12H7B6N11O/c13-4-21-5(14)25-10(24-4)19-1-3(30-12-28-8(17)23-9(18)29-12)2-20-11-26-6(15)22-7(16)27-11/h3H,1-2H2,(H,19,21,24,25)(H,20,22,26,27). The Morgan fingerprint density at radius 3 is 1.23 bits per heavy atom. The van der Waals surface area contributed by atoms with Gasteiger partial charge in [-0.2, -0.15) is 9.97 Å². The van der Waals surface area contributed by atoms with Crippen molar-refractivity contribution in [3.8, 4) is 6.01 Å². The van der Waals surface area contributed by atoms with E-state index < -0.39 is 6.10 Å². The number of nitrogens with one attached hydrogen (secondary N) is 2. The quantitative estimate of drug-likeness (QED) is 0.354. The minimum Gasteiger partial charge on any atom is -0.456 e. The van der Waals surface area contributed by atoms with Crippen molar-refractivity contribution >= 4 is 93.3 Å². The molecule has 0 unspecified atom stereocenters. The first-order valence-corrected chi connectivity index (χ1v) is 8.22. The fourth-order valence-electron chi connectivity index (χ4n) is 2.13. The zero-order valence-electron chi connectivity index (χ0n) is 15.4. The monoisotopic (exact) mass is 387 g/mol. The third-order valence-corrected chi connectivity index (χ3v) is 3.24. The van der Waals surface area contributed by atoms with Crippen LogP contribution in [0.1, 0.15) is 0 Å². The van der Waals surface area contributed by atoms with Crippen LogP contribution < -0.4 is 49.7 Å². The Hall–Kier alpha value is -3.18. The molecule has 0 aliphatic heterocycles. The van der Waals surface area contributed by atoms with Crippen LogP contribution in [0.2, 0.25) is 0 Å². The molecule has 3 heterocycles. The first-order valence-electron chi connectivity index (χ1n) is 8.22. The highest BCUT2D eigenvalue weighted by molar-refractivity contribution is 6.33. The van der Waals surface area contributed by atoms with Gasteiger partial charge in [0.25, 0.3) is 0 Å². The van der Waals surface area contributed by atoms with Crippen molar-refractivity contribution in [3.63, 3.8) is 0 Å². The third kappa shape index (κ3) is 6.42. The maximum Gasteiger partial charge on any atom is 0.318 e. The van der Waals surface area contributed by atoms with Gasteiger partial charge in [0.05, 0.1) is 47.4 Å². The average Bonchev–Trinajstić information content (AvgIpc) is 2.61. The Morgan fingerprint density at radius 1 is 0.533 bits per heavy atom. The van der Waals surface area contributed by atoms with E-state index in [1.165, 1.54) is 0 Å². The number of rotatable bonds is 8. The lowest BCUT2D eigenvalue weighted by Gasteiger charge is -2.20. The number of anilines is 2. The van der Waals surface area contributed by atoms with Gasteiger partial charge in [0.15, 0.2) is 47.1 Å². The van der Waals surface area contributed by atoms with Gasteiger partial charge in [0.2, 0.25) is 11.9 Å². The van der Waals surface area contributed by atoms with Crippen molar-refractivity contribution in [1.82, 2.24) is 44.9 Å². The molecular weight excluding hydrogens is 379 g/mol. The Bertz CT molecular complexity index is 927. The Labute approximate surface area is 179 Å². The van der Waals surface area contributed by atoms with E-state index in [9.17, 15) is 0 Å². The summed E-state index contributed by atoms with van der Waals surface area (Å²) < 4.78 is 5.73. The van der Waals surface area contributed by atoms with Gasteiger partial charge in [-0.15, -0.1) is 0 Å². The lowest BCUT2D eigenvalue weighted by Crippen LogP contribution is -2.38. The van der Waals surface area contributed by atoms with Crippen LogP contribution in [-0.4, -0.2) is 111 Å². The predicted molar refractivity (Wildman–Crippen MR) is 113 cm³/mol. The van der Waals surface area contributed by atoms with Gasteiger partial charge in [-0.1, -0.05) is 0 Å². The zero-order valence-corrected chi connectivity index (χ0v) is 15.4. The molecule has 18 heteroatoms. The summed E-state index contributed by atoms with van der Waals surface area (Å²) in [6.07, 6.45) is -0.648. The molecule has 0 aliphatic carbocycles. The lowest BCUT2D eigenvalue weighted by atomic mass is 10.1. The third-order valence-electron chi connectivity index (χ3n) is 3.24. The van der Waals surface area contributed by atoms with Crippen molar-refractivity contribution in [3.05, 3.63) is 0 Å². The molecule has 0 saturated carbocycles. The average molecular weight is 386 g/mol. The maximum absolute atomic E-state index is 5.73. The molecule has 30 heavy (non-hydrogen) atoms. The number of hydrogen-bond donors (Lipinski definition) is 2. The van der Waals surface area contributed by atoms with Crippen LogP contribution in [0.5, 0.6) is 6.01 Å². The molecule has 0 amide bonds. The highest BCUT2D eigenvalue weighted by atomic mass is 16.5. The van der Waals surface area contributed by atoms with Crippen molar-refractivity contribution in [2.24, 2.45) is 0 Å². The zero-order chi connectivity index (χ0) is 21.7. The number of hydrogen-bond acceptors (Lipinski definition) is 12. The van der Waals surface area contributed by atoms with E-state index >= 15 is 0 Å². The van der Waals surface area contributed by atoms with Crippen LogP contribution in [0, 0.1) is 0 Å². The smallest absolute Gasteiger partial charge is 0.318 e. The SMILES string of the molecule is [B]c1nc([B])nc(NCC(CNc2nc([B])nc([B])n2)Oc2nc([B])nc([B])n2)n1. The summed E-state index contributed by atoms with van der Waals surface area (Å²) in [5.41, 5.74) is -0.393. The first kappa shape index (κ1) is 21.5. The van der Waals surface area contributed by atoms with Gasteiger partial charge >= 0.3 is 6.01 Å². The van der Waals surface area contributed by atoms with Crippen molar-refractivity contribution < 1.29 is 4.74 Å². The van der Waals surface area contributed by atoms with E-state index in [-0.39, 0.29) is 65.3 Å². The molecule has 134 valence electrons. The van der Waals surface area contributed by atoms with E-state index in [4.69, 9.17) is 51.8 Å². The molecule has 0 bridgehead atoms. The van der Waals surface area contributed by atoms with E-state index in [0.29, 0.717) is 0 Å². The molecule has 12 radical (unpaired) electrons. The lowest BCUT2D eigenvalue weighted by molar-refractivity contribution is 0.208. The molecular formula is C12H7B6N11O. The van der Waals surface area contributed by atoms with Gasteiger partial charge < -0.3 is 15.4 Å².